The van der Waals surface area contributed by atoms with E-state index in [-0.39, 0.29) is 17.6 Å². The van der Waals surface area contributed by atoms with Gasteiger partial charge in [-0.1, -0.05) is 32.6 Å². The number of carbonyl (C=O) groups is 1. The van der Waals surface area contributed by atoms with Gasteiger partial charge in [0.05, 0.1) is 11.4 Å². The Morgan fingerprint density at radius 2 is 1.96 bits per heavy atom. The van der Waals surface area contributed by atoms with Crippen molar-refractivity contribution in [3.05, 3.63) is 30.1 Å². The Morgan fingerprint density at radius 3 is 2.62 bits per heavy atom. The van der Waals surface area contributed by atoms with E-state index in [4.69, 9.17) is 0 Å². The van der Waals surface area contributed by atoms with E-state index in [0.717, 1.165) is 31.4 Å². The molecule has 5 heteroatoms. The van der Waals surface area contributed by atoms with Gasteiger partial charge in [-0.25, -0.2) is 4.39 Å². The Hall–Kier alpha value is -2.04. The number of rotatable bonds is 5. The predicted octanol–water partition coefficient (Wildman–Crippen LogP) is 4.35. The molecule has 0 unspecified atom stereocenters. The lowest BCUT2D eigenvalue weighted by Gasteiger charge is -2.18. The van der Waals surface area contributed by atoms with E-state index in [0.29, 0.717) is 11.7 Å². The van der Waals surface area contributed by atoms with Crippen LogP contribution in [0, 0.1) is 11.7 Å². The number of aliphatic imine (C=N–C) groups is 1. The maximum absolute atomic E-state index is 13.1. The van der Waals surface area contributed by atoms with Crippen LogP contribution in [0.1, 0.15) is 51.9 Å². The molecular formula is C19H24FN3O. The van der Waals surface area contributed by atoms with Gasteiger partial charge in [0.25, 0.3) is 5.91 Å². The van der Waals surface area contributed by atoms with Gasteiger partial charge in [0.1, 0.15) is 11.7 Å². The van der Waals surface area contributed by atoms with Crippen LogP contribution in [-0.4, -0.2) is 23.9 Å². The molecule has 1 amide bonds. The Kier molecular flexibility index (Phi) is 5.38. The van der Waals surface area contributed by atoms with Crippen molar-refractivity contribution in [2.24, 2.45) is 16.0 Å². The van der Waals surface area contributed by atoms with Crippen molar-refractivity contribution < 1.29 is 9.18 Å². The lowest BCUT2D eigenvalue weighted by atomic mass is 9.95. The lowest BCUT2D eigenvalue weighted by molar-refractivity contribution is -0.118. The van der Waals surface area contributed by atoms with Gasteiger partial charge >= 0.3 is 0 Å². The number of anilines is 1. The standard InChI is InChI=1S/C19H24FN3O/c1-2-6-18-17(13-21-15-7-4-3-5-8-15)19(24)23(22-18)16-11-9-14(20)10-12-16/h9-13,15,17H,2-8H2,1H3/t17-/m0/s1. The van der Waals surface area contributed by atoms with Gasteiger partial charge in [-0.05, 0) is 43.5 Å². The SMILES string of the molecule is CCCC1=NN(c2ccc(F)cc2)C(=O)[C@H]1C=NC1CCCCC1. The minimum absolute atomic E-state index is 0.0929. The zero-order chi connectivity index (χ0) is 16.9. The minimum atomic E-state index is -0.378. The summed E-state index contributed by atoms with van der Waals surface area (Å²) in [6.07, 6.45) is 9.45. The van der Waals surface area contributed by atoms with Crippen molar-refractivity contribution in [3.63, 3.8) is 0 Å². The van der Waals surface area contributed by atoms with E-state index in [9.17, 15) is 9.18 Å². The summed E-state index contributed by atoms with van der Waals surface area (Å²) in [4.78, 5) is 17.5. The van der Waals surface area contributed by atoms with Gasteiger partial charge in [0.2, 0.25) is 0 Å². The van der Waals surface area contributed by atoms with E-state index in [1.165, 1.54) is 36.4 Å². The van der Waals surface area contributed by atoms with Gasteiger partial charge in [-0.3, -0.25) is 9.79 Å². The lowest BCUT2D eigenvalue weighted by Crippen LogP contribution is -2.29. The molecule has 1 aromatic rings. The quantitative estimate of drug-likeness (QED) is 0.741. The molecule has 1 atom stereocenters. The Bertz CT molecular complexity index is 633. The predicted molar refractivity (Wildman–Crippen MR) is 95.1 cm³/mol. The molecule has 24 heavy (non-hydrogen) atoms. The molecule has 1 aliphatic heterocycles. The highest BCUT2D eigenvalue weighted by Gasteiger charge is 2.35. The average molecular weight is 329 g/mol. The third-order valence-electron chi connectivity index (χ3n) is 4.66. The van der Waals surface area contributed by atoms with Crippen LogP contribution >= 0.6 is 0 Å². The molecule has 128 valence electrons. The largest absolute Gasteiger partial charge is 0.293 e. The summed E-state index contributed by atoms with van der Waals surface area (Å²) in [7, 11) is 0. The van der Waals surface area contributed by atoms with Crippen LogP contribution in [0.5, 0.6) is 0 Å². The van der Waals surface area contributed by atoms with Crippen molar-refractivity contribution >= 4 is 23.5 Å². The number of halogens is 1. The summed E-state index contributed by atoms with van der Waals surface area (Å²) in [6, 6.07) is 6.21. The van der Waals surface area contributed by atoms with Crippen molar-refractivity contribution in [2.75, 3.05) is 5.01 Å². The summed E-state index contributed by atoms with van der Waals surface area (Å²) in [6.45, 7) is 2.07. The second kappa shape index (κ2) is 7.69. The average Bonchev–Trinajstić information content (AvgIpc) is 2.91. The van der Waals surface area contributed by atoms with E-state index in [2.05, 4.69) is 17.0 Å². The molecule has 1 aromatic carbocycles. The molecule has 3 rings (SSSR count). The van der Waals surface area contributed by atoms with Crippen LogP contribution < -0.4 is 5.01 Å². The highest BCUT2D eigenvalue weighted by Crippen LogP contribution is 2.26. The van der Waals surface area contributed by atoms with Crippen LogP contribution in [0.25, 0.3) is 0 Å². The van der Waals surface area contributed by atoms with Crippen molar-refractivity contribution in [2.45, 2.75) is 57.9 Å². The molecule has 0 radical (unpaired) electrons. The maximum atomic E-state index is 13.1. The summed E-state index contributed by atoms with van der Waals surface area (Å²) < 4.78 is 13.1. The van der Waals surface area contributed by atoms with Gasteiger partial charge in [0.15, 0.2) is 0 Å². The van der Waals surface area contributed by atoms with Crippen LogP contribution in [0.2, 0.25) is 0 Å². The van der Waals surface area contributed by atoms with Crippen LogP contribution in [0.4, 0.5) is 10.1 Å². The maximum Gasteiger partial charge on any atom is 0.261 e. The molecule has 0 N–H and O–H groups in total. The first kappa shape index (κ1) is 16.8. The van der Waals surface area contributed by atoms with Crippen LogP contribution in [0.15, 0.2) is 34.4 Å². The second-order valence-corrected chi connectivity index (χ2v) is 6.54. The summed E-state index contributed by atoms with van der Waals surface area (Å²) in [5.41, 5.74) is 1.45. The third kappa shape index (κ3) is 3.71. The molecule has 0 spiro atoms. The van der Waals surface area contributed by atoms with Crippen LogP contribution in [0.3, 0.4) is 0 Å². The Balaban J connectivity index is 1.78. The van der Waals surface area contributed by atoms with Gasteiger partial charge in [-0.15, -0.1) is 0 Å². The monoisotopic (exact) mass is 329 g/mol. The van der Waals surface area contributed by atoms with Crippen LogP contribution in [-0.2, 0) is 4.79 Å². The zero-order valence-electron chi connectivity index (χ0n) is 14.1. The molecule has 4 nitrogen and oxygen atoms in total. The molecular weight excluding hydrogens is 305 g/mol. The fraction of sp³-hybridized carbons (Fsp3) is 0.526. The minimum Gasteiger partial charge on any atom is -0.293 e. The highest BCUT2D eigenvalue weighted by atomic mass is 19.1. The van der Waals surface area contributed by atoms with E-state index in [1.807, 2.05) is 0 Å². The normalized spacial score (nSPS) is 22.4. The van der Waals surface area contributed by atoms with Crippen molar-refractivity contribution in [1.82, 2.24) is 0 Å². The zero-order valence-corrected chi connectivity index (χ0v) is 14.1. The topological polar surface area (TPSA) is 45.0 Å². The van der Waals surface area contributed by atoms with E-state index >= 15 is 0 Å². The summed E-state index contributed by atoms with van der Waals surface area (Å²) >= 11 is 0. The summed E-state index contributed by atoms with van der Waals surface area (Å²) in [5, 5.41) is 5.88. The van der Waals surface area contributed by atoms with E-state index < -0.39 is 0 Å². The molecule has 0 bridgehead atoms. The fourth-order valence-electron chi connectivity index (χ4n) is 3.33. The van der Waals surface area contributed by atoms with Gasteiger partial charge in [0, 0.05) is 12.3 Å². The first-order valence-electron chi connectivity index (χ1n) is 8.89. The smallest absolute Gasteiger partial charge is 0.261 e. The number of carbonyl (C=O) groups excluding carboxylic acids is 1. The molecule has 0 saturated heterocycles. The molecule has 1 fully saturated rings. The molecule has 1 saturated carbocycles. The van der Waals surface area contributed by atoms with Crippen molar-refractivity contribution in [1.29, 1.82) is 0 Å². The summed E-state index contributed by atoms with van der Waals surface area (Å²) in [5.74, 6) is -0.792. The molecule has 0 aromatic heterocycles. The number of amides is 1. The molecule has 1 aliphatic carbocycles. The number of benzene rings is 1. The number of hydrogen-bond donors (Lipinski definition) is 0. The highest BCUT2D eigenvalue weighted by molar-refractivity contribution is 6.24. The number of nitrogens with zero attached hydrogens (tertiary/aromatic N) is 3. The fourth-order valence-corrected chi connectivity index (χ4v) is 3.33. The first-order chi connectivity index (χ1) is 11.7. The van der Waals surface area contributed by atoms with E-state index in [1.54, 1.807) is 18.3 Å². The number of hydrogen-bond acceptors (Lipinski definition) is 3. The third-order valence-corrected chi connectivity index (χ3v) is 4.66. The molecule has 1 heterocycles. The van der Waals surface area contributed by atoms with Gasteiger partial charge < -0.3 is 0 Å². The van der Waals surface area contributed by atoms with Gasteiger partial charge in [-0.2, -0.15) is 10.1 Å². The Labute approximate surface area is 142 Å². The molecule has 2 aliphatic rings. The number of hydrazone groups is 1. The second-order valence-electron chi connectivity index (χ2n) is 6.54. The Morgan fingerprint density at radius 1 is 1.25 bits per heavy atom. The van der Waals surface area contributed by atoms with Crippen molar-refractivity contribution in [3.8, 4) is 0 Å². The first-order valence-corrected chi connectivity index (χ1v) is 8.89.